The highest BCUT2D eigenvalue weighted by Crippen LogP contribution is 2.32. The molecule has 1 fully saturated rings. The number of methoxy groups -OCH3 is 2. The molecular weight excluding hydrogens is 454 g/mol. The summed E-state index contributed by atoms with van der Waals surface area (Å²) in [4.78, 5) is 28.3. The van der Waals surface area contributed by atoms with Gasteiger partial charge in [-0.15, -0.1) is 0 Å². The lowest BCUT2D eigenvalue weighted by Crippen LogP contribution is -2.35. The van der Waals surface area contributed by atoms with Crippen LogP contribution in [-0.4, -0.2) is 43.5 Å². The van der Waals surface area contributed by atoms with Gasteiger partial charge >= 0.3 is 0 Å². The Labute approximate surface area is 212 Å². The molecule has 3 aromatic rings. The van der Waals surface area contributed by atoms with Gasteiger partial charge in [0.05, 0.1) is 38.1 Å². The molecule has 3 aromatic carbocycles. The normalized spacial score (nSPS) is 13.7. The van der Waals surface area contributed by atoms with Gasteiger partial charge in [0.15, 0.2) is 0 Å². The molecule has 7 nitrogen and oxygen atoms in total. The van der Waals surface area contributed by atoms with E-state index < -0.39 is 0 Å². The van der Waals surface area contributed by atoms with Crippen LogP contribution in [0.4, 0.5) is 5.69 Å². The monoisotopic (exact) mass is 487 g/mol. The van der Waals surface area contributed by atoms with Crippen LogP contribution in [0.2, 0.25) is 0 Å². The molecule has 0 spiro atoms. The fourth-order valence-electron chi connectivity index (χ4n) is 4.24. The van der Waals surface area contributed by atoms with Crippen molar-refractivity contribution in [2.24, 2.45) is 0 Å². The predicted octanol–water partition coefficient (Wildman–Crippen LogP) is 4.80. The van der Waals surface area contributed by atoms with Crippen molar-refractivity contribution in [1.82, 2.24) is 10.2 Å². The number of anilines is 1. The van der Waals surface area contributed by atoms with Crippen LogP contribution in [0.15, 0.2) is 72.8 Å². The number of para-hydroxylation sites is 1. The minimum Gasteiger partial charge on any atom is -0.497 e. The first-order chi connectivity index (χ1) is 17.5. The molecular formula is C29H33N3O4. The summed E-state index contributed by atoms with van der Waals surface area (Å²) in [7, 11) is 3.27. The van der Waals surface area contributed by atoms with Gasteiger partial charge in [0.2, 0.25) is 5.91 Å². The molecule has 2 amide bonds. The van der Waals surface area contributed by atoms with E-state index in [0.717, 1.165) is 35.5 Å². The minimum absolute atomic E-state index is 0.161. The molecule has 0 bridgehead atoms. The molecule has 1 aliphatic carbocycles. The van der Waals surface area contributed by atoms with Gasteiger partial charge in [-0.1, -0.05) is 42.5 Å². The van der Waals surface area contributed by atoms with Gasteiger partial charge < -0.3 is 20.1 Å². The third-order valence-electron chi connectivity index (χ3n) is 6.36. The SMILES string of the molecule is COc1ccc(OC)c(CN(CC(=O)Nc2ccccc2C(=O)NC(C)c2ccccc2)C2CC2)c1. The number of carbonyl (C=O) groups is 2. The molecule has 7 heteroatoms. The Kier molecular flexibility index (Phi) is 8.23. The van der Waals surface area contributed by atoms with Crippen LogP contribution in [0.1, 0.15) is 47.3 Å². The number of ether oxygens (including phenoxy) is 2. The van der Waals surface area contributed by atoms with Crippen molar-refractivity contribution in [2.45, 2.75) is 38.4 Å². The van der Waals surface area contributed by atoms with E-state index in [0.29, 0.717) is 23.8 Å². The van der Waals surface area contributed by atoms with Crippen LogP contribution in [0.5, 0.6) is 11.5 Å². The van der Waals surface area contributed by atoms with Gasteiger partial charge in [-0.3, -0.25) is 14.5 Å². The maximum atomic E-state index is 13.1. The average Bonchev–Trinajstić information content (AvgIpc) is 3.74. The summed E-state index contributed by atoms with van der Waals surface area (Å²) in [5.74, 6) is 1.11. The van der Waals surface area contributed by atoms with Crippen molar-refractivity contribution in [2.75, 3.05) is 26.1 Å². The second-order valence-corrected chi connectivity index (χ2v) is 9.01. The fraction of sp³-hybridized carbons (Fsp3) is 0.310. The molecule has 4 rings (SSSR count). The Morgan fingerprint density at radius 2 is 1.69 bits per heavy atom. The van der Waals surface area contributed by atoms with E-state index in [2.05, 4.69) is 15.5 Å². The molecule has 0 aromatic heterocycles. The first kappa shape index (κ1) is 25.3. The lowest BCUT2D eigenvalue weighted by molar-refractivity contribution is -0.117. The first-order valence-electron chi connectivity index (χ1n) is 12.2. The van der Waals surface area contributed by atoms with Gasteiger partial charge in [-0.25, -0.2) is 0 Å². The fourth-order valence-corrected chi connectivity index (χ4v) is 4.24. The largest absolute Gasteiger partial charge is 0.497 e. The van der Waals surface area contributed by atoms with Gasteiger partial charge in [-0.05, 0) is 55.7 Å². The minimum atomic E-state index is -0.234. The Bertz CT molecular complexity index is 1190. The zero-order chi connectivity index (χ0) is 25.5. The lowest BCUT2D eigenvalue weighted by Gasteiger charge is -2.23. The van der Waals surface area contributed by atoms with E-state index in [1.165, 1.54) is 0 Å². The number of hydrogen-bond acceptors (Lipinski definition) is 5. The number of hydrogen-bond donors (Lipinski definition) is 2. The Morgan fingerprint density at radius 1 is 0.972 bits per heavy atom. The average molecular weight is 488 g/mol. The van der Waals surface area contributed by atoms with Gasteiger partial charge in [-0.2, -0.15) is 0 Å². The van der Waals surface area contributed by atoms with E-state index in [-0.39, 0.29) is 24.4 Å². The maximum Gasteiger partial charge on any atom is 0.253 e. The molecule has 2 N–H and O–H groups in total. The van der Waals surface area contributed by atoms with Crippen LogP contribution >= 0.6 is 0 Å². The van der Waals surface area contributed by atoms with E-state index in [4.69, 9.17) is 9.47 Å². The Morgan fingerprint density at radius 3 is 2.39 bits per heavy atom. The second kappa shape index (κ2) is 11.7. The third kappa shape index (κ3) is 6.43. The highest BCUT2D eigenvalue weighted by atomic mass is 16.5. The second-order valence-electron chi connectivity index (χ2n) is 9.01. The topological polar surface area (TPSA) is 79.9 Å². The number of nitrogens with zero attached hydrogens (tertiary/aromatic N) is 1. The summed E-state index contributed by atoms with van der Waals surface area (Å²) in [6.45, 7) is 2.71. The van der Waals surface area contributed by atoms with E-state index >= 15 is 0 Å². The van der Waals surface area contributed by atoms with Crippen molar-refractivity contribution >= 4 is 17.5 Å². The van der Waals surface area contributed by atoms with Crippen molar-refractivity contribution in [3.05, 3.63) is 89.5 Å². The number of carbonyl (C=O) groups excluding carboxylic acids is 2. The van der Waals surface area contributed by atoms with Gasteiger partial charge in [0, 0.05) is 18.2 Å². The summed E-state index contributed by atoms with van der Waals surface area (Å²) in [5.41, 5.74) is 2.91. The summed E-state index contributed by atoms with van der Waals surface area (Å²) < 4.78 is 10.9. The van der Waals surface area contributed by atoms with Crippen LogP contribution in [0.3, 0.4) is 0 Å². The number of amides is 2. The van der Waals surface area contributed by atoms with Gasteiger partial charge in [0.25, 0.3) is 5.91 Å². The van der Waals surface area contributed by atoms with Crippen molar-refractivity contribution in [1.29, 1.82) is 0 Å². The standard InChI is InChI=1S/C29H33N3O4/c1-20(21-9-5-4-6-10-21)30-29(34)25-11-7-8-12-26(25)31-28(33)19-32(23-13-14-23)18-22-17-24(35-2)15-16-27(22)36-3/h4-12,15-17,20,23H,13-14,18-19H2,1-3H3,(H,30,34)(H,31,33). The predicted molar refractivity (Wildman–Crippen MR) is 140 cm³/mol. The van der Waals surface area contributed by atoms with E-state index in [1.54, 1.807) is 32.4 Å². The number of nitrogens with one attached hydrogen (secondary N) is 2. The maximum absolute atomic E-state index is 13.1. The molecule has 1 aliphatic rings. The Hall–Kier alpha value is -3.84. The Balaban J connectivity index is 1.44. The first-order valence-corrected chi connectivity index (χ1v) is 12.2. The lowest BCUT2D eigenvalue weighted by atomic mass is 10.1. The molecule has 0 saturated heterocycles. The molecule has 0 heterocycles. The number of benzene rings is 3. The smallest absolute Gasteiger partial charge is 0.253 e. The summed E-state index contributed by atoms with van der Waals surface area (Å²) in [6.07, 6.45) is 2.10. The molecule has 1 atom stereocenters. The summed E-state index contributed by atoms with van der Waals surface area (Å²) in [6, 6.07) is 22.7. The zero-order valence-corrected chi connectivity index (χ0v) is 21.0. The van der Waals surface area contributed by atoms with Crippen molar-refractivity contribution in [3.8, 4) is 11.5 Å². The van der Waals surface area contributed by atoms with E-state index in [1.807, 2.05) is 61.5 Å². The highest BCUT2D eigenvalue weighted by molar-refractivity contribution is 6.04. The van der Waals surface area contributed by atoms with Crippen LogP contribution in [0.25, 0.3) is 0 Å². The third-order valence-corrected chi connectivity index (χ3v) is 6.36. The van der Waals surface area contributed by atoms with Crippen molar-refractivity contribution < 1.29 is 19.1 Å². The molecule has 1 saturated carbocycles. The zero-order valence-electron chi connectivity index (χ0n) is 21.0. The van der Waals surface area contributed by atoms with Gasteiger partial charge in [0.1, 0.15) is 11.5 Å². The molecule has 0 radical (unpaired) electrons. The number of rotatable bonds is 11. The highest BCUT2D eigenvalue weighted by Gasteiger charge is 2.31. The quantitative estimate of drug-likeness (QED) is 0.406. The summed E-state index contributed by atoms with van der Waals surface area (Å²) in [5, 5.41) is 5.98. The molecule has 36 heavy (non-hydrogen) atoms. The van der Waals surface area contributed by atoms with Crippen molar-refractivity contribution in [3.63, 3.8) is 0 Å². The van der Waals surface area contributed by atoms with E-state index in [9.17, 15) is 9.59 Å². The molecule has 188 valence electrons. The van der Waals surface area contributed by atoms with Crippen LogP contribution in [-0.2, 0) is 11.3 Å². The van der Waals surface area contributed by atoms with Crippen LogP contribution in [0, 0.1) is 0 Å². The van der Waals surface area contributed by atoms with Crippen LogP contribution < -0.4 is 20.1 Å². The molecule has 1 unspecified atom stereocenters. The summed E-state index contributed by atoms with van der Waals surface area (Å²) >= 11 is 0. The molecule has 0 aliphatic heterocycles.